The van der Waals surface area contributed by atoms with Crippen LogP contribution >= 0.6 is 0 Å². The van der Waals surface area contributed by atoms with Crippen molar-refractivity contribution in [2.75, 3.05) is 44.7 Å². The van der Waals surface area contributed by atoms with Gasteiger partial charge in [-0.1, -0.05) is 0 Å². The van der Waals surface area contributed by atoms with Crippen LogP contribution in [0.25, 0.3) is 0 Å². The van der Waals surface area contributed by atoms with Crippen molar-refractivity contribution in [1.29, 1.82) is 0 Å². The van der Waals surface area contributed by atoms with E-state index in [1.165, 1.54) is 4.90 Å². The van der Waals surface area contributed by atoms with E-state index in [4.69, 9.17) is 5.11 Å². The lowest BCUT2D eigenvalue weighted by Gasteiger charge is -2.49. The summed E-state index contributed by atoms with van der Waals surface area (Å²) in [6, 6.07) is 3.94. The fraction of sp³-hybridized carbons (Fsp3) is 0.647. The molecule has 136 valence electrons. The molecule has 3 heterocycles. The van der Waals surface area contributed by atoms with E-state index in [0.717, 1.165) is 44.0 Å². The van der Waals surface area contributed by atoms with Gasteiger partial charge < -0.3 is 14.9 Å². The lowest BCUT2D eigenvalue weighted by Crippen LogP contribution is -2.61. The third-order valence-electron chi connectivity index (χ3n) is 5.44. The van der Waals surface area contributed by atoms with E-state index >= 15 is 0 Å². The number of aromatic nitrogens is 2. The van der Waals surface area contributed by atoms with Crippen molar-refractivity contribution in [1.82, 2.24) is 20.0 Å². The van der Waals surface area contributed by atoms with Gasteiger partial charge in [-0.3, -0.25) is 14.5 Å². The molecule has 1 aromatic heterocycles. The summed E-state index contributed by atoms with van der Waals surface area (Å²) >= 11 is 0. The van der Waals surface area contributed by atoms with Gasteiger partial charge >= 0.3 is 5.97 Å². The molecule has 0 bridgehead atoms. The minimum Gasteiger partial charge on any atom is -0.480 e. The summed E-state index contributed by atoms with van der Waals surface area (Å²) in [6.45, 7) is 4.69. The Morgan fingerprint density at radius 3 is 2.72 bits per heavy atom. The predicted molar refractivity (Wildman–Crippen MR) is 92.4 cm³/mol. The largest absolute Gasteiger partial charge is 0.480 e. The highest BCUT2D eigenvalue weighted by Crippen LogP contribution is 2.33. The average Bonchev–Trinajstić information content (AvgIpc) is 2.72. The zero-order chi connectivity index (χ0) is 18.0. The maximum Gasteiger partial charge on any atom is 0.323 e. The quantitative estimate of drug-likeness (QED) is 0.845. The SMILES string of the molecule is Cc1ccc(N2CCN(C)[C@@]3(CCC(=O)N(CC(=O)O)CC3)C2)nn1. The molecule has 8 nitrogen and oxygen atoms in total. The minimum atomic E-state index is -0.960. The van der Waals surface area contributed by atoms with Gasteiger partial charge in [-0.25, -0.2) is 0 Å². The van der Waals surface area contributed by atoms with Crippen molar-refractivity contribution in [2.45, 2.75) is 31.7 Å². The van der Waals surface area contributed by atoms with Crippen LogP contribution in [0.4, 0.5) is 5.82 Å². The highest BCUT2D eigenvalue weighted by molar-refractivity contribution is 5.81. The number of nitrogens with zero attached hydrogens (tertiary/aromatic N) is 5. The van der Waals surface area contributed by atoms with Crippen LogP contribution in [0.3, 0.4) is 0 Å². The van der Waals surface area contributed by atoms with Crippen molar-refractivity contribution in [3.05, 3.63) is 17.8 Å². The summed E-state index contributed by atoms with van der Waals surface area (Å²) < 4.78 is 0. The number of amides is 1. The van der Waals surface area contributed by atoms with Gasteiger partial charge in [0.15, 0.2) is 5.82 Å². The van der Waals surface area contributed by atoms with Gasteiger partial charge in [0.2, 0.25) is 5.91 Å². The van der Waals surface area contributed by atoms with E-state index in [0.29, 0.717) is 13.0 Å². The molecular formula is C17H25N5O3. The third-order valence-corrected chi connectivity index (χ3v) is 5.44. The Bertz CT molecular complexity index is 650. The lowest BCUT2D eigenvalue weighted by molar-refractivity contribution is -0.144. The molecule has 3 rings (SSSR count). The van der Waals surface area contributed by atoms with Crippen LogP contribution in [0, 0.1) is 6.92 Å². The molecule has 0 unspecified atom stereocenters. The van der Waals surface area contributed by atoms with Gasteiger partial charge in [0.1, 0.15) is 6.54 Å². The van der Waals surface area contributed by atoms with Crippen LogP contribution in [0.1, 0.15) is 25.0 Å². The summed E-state index contributed by atoms with van der Waals surface area (Å²) in [6.07, 6.45) is 1.87. The second kappa shape index (κ2) is 6.95. The first-order valence-electron chi connectivity index (χ1n) is 8.66. The Balaban J connectivity index is 1.77. The smallest absolute Gasteiger partial charge is 0.323 e. The van der Waals surface area contributed by atoms with E-state index in [1.807, 2.05) is 19.1 Å². The van der Waals surface area contributed by atoms with Crippen molar-refractivity contribution in [3.63, 3.8) is 0 Å². The Labute approximate surface area is 147 Å². The van der Waals surface area contributed by atoms with Gasteiger partial charge in [0, 0.05) is 38.1 Å². The van der Waals surface area contributed by atoms with Gasteiger partial charge in [-0.15, -0.1) is 5.10 Å². The molecule has 0 saturated carbocycles. The molecule has 2 aliphatic heterocycles. The average molecular weight is 347 g/mol. The molecule has 1 amide bonds. The number of aliphatic carboxylic acids is 1. The molecule has 1 atom stereocenters. The molecular weight excluding hydrogens is 322 g/mol. The number of carboxylic acids is 1. The Morgan fingerprint density at radius 1 is 1.24 bits per heavy atom. The van der Waals surface area contributed by atoms with Gasteiger partial charge in [0.25, 0.3) is 0 Å². The molecule has 1 aromatic rings. The molecule has 0 aliphatic carbocycles. The fourth-order valence-corrected chi connectivity index (χ4v) is 3.78. The predicted octanol–water partition coefficient (Wildman–Crippen LogP) is 0.373. The van der Waals surface area contributed by atoms with Crippen LogP contribution in [-0.4, -0.2) is 82.3 Å². The molecule has 2 aliphatic rings. The topological polar surface area (TPSA) is 89.9 Å². The number of carbonyl (C=O) groups excluding carboxylic acids is 1. The summed E-state index contributed by atoms with van der Waals surface area (Å²) in [5.74, 6) is -0.172. The number of anilines is 1. The van der Waals surface area contributed by atoms with Crippen molar-refractivity contribution >= 4 is 17.7 Å². The summed E-state index contributed by atoms with van der Waals surface area (Å²) in [4.78, 5) is 29.3. The molecule has 0 radical (unpaired) electrons. The first-order valence-corrected chi connectivity index (χ1v) is 8.66. The van der Waals surface area contributed by atoms with Crippen LogP contribution < -0.4 is 4.90 Å². The maximum atomic E-state index is 12.3. The summed E-state index contributed by atoms with van der Waals surface area (Å²) in [5.41, 5.74) is 0.741. The summed E-state index contributed by atoms with van der Waals surface area (Å²) in [7, 11) is 2.09. The number of hydrogen-bond acceptors (Lipinski definition) is 6. The second-order valence-electron chi connectivity index (χ2n) is 7.06. The Morgan fingerprint density at radius 2 is 2.04 bits per heavy atom. The fourth-order valence-electron chi connectivity index (χ4n) is 3.78. The Hall–Kier alpha value is -2.22. The first kappa shape index (κ1) is 17.6. The van der Waals surface area contributed by atoms with Gasteiger partial charge in [-0.2, -0.15) is 5.10 Å². The first-order chi connectivity index (χ1) is 11.9. The zero-order valence-corrected chi connectivity index (χ0v) is 14.8. The number of rotatable bonds is 3. The molecule has 2 fully saturated rings. The normalized spacial score (nSPS) is 25.3. The van der Waals surface area contributed by atoms with E-state index in [9.17, 15) is 9.59 Å². The number of piperazine rings is 1. The maximum absolute atomic E-state index is 12.3. The minimum absolute atomic E-state index is 0.0695. The Kier molecular flexibility index (Phi) is 4.89. The van der Waals surface area contributed by atoms with Crippen LogP contribution in [-0.2, 0) is 9.59 Å². The molecule has 0 aromatic carbocycles. The van der Waals surface area contributed by atoms with Crippen molar-refractivity contribution < 1.29 is 14.7 Å². The third kappa shape index (κ3) is 3.73. The van der Waals surface area contributed by atoms with Gasteiger partial charge in [-0.05, 0) is 38.9 Å². The summed E-state index contributed by atoms with van der Waals surface area (Å²) in [5, 5.41) is 17.5. The standard InChI is InChI=1S/C17H25N5O3/c1-13-3-4-14(19-18-13)22-10-9-20(2)17(12-22)6-5-15(23)21(8-7-17)11-16(24)25/h3-4H,5-12H2,1-2H3,(H,24,25)/t17-/m1/s1. The van der Waals surface area contributed by atoms with Crippen molar-refractivity contribution in [3.8, 4) is 0 Å². The van der Waals surface area contributed by atoms with Crippen LogP contribution in [0.2, 0.25) is 0 Å². The number of likely N-dealkylation sites (N-methyl/N-ethyl adjacent to an activating group) is 1. The van der Waals surface area contributed by atoms with Crippen molar-refractivity contribution in [2.24, 2.45) is 0 Å². The van der Waals surface area contributed by atoms with E-state index in [1.54, 1.807) is 0 Å². The second-order valence-corrected chi connectivity index (χ2v) is 7.06. The van der Waals surface area contributed by atoms with E-state index < -0.39 is 5.97 Å². The number of aryl methyl sites for hydroxylation is 1. The van der Waals surface area contributed by atoms with Gasteiger partial charge in [0.05, 0.1) is 5.69 Å². The number of likely N-dealkylation sites (tertiary alicyclic amines) is 1. The van der Waals surface area contributed by atoms with E-state index in [2.05, 4.69) is 27.0 Å². The monoisotopic (exact) mass is 347 g/mol. The molecule has 8 heteroatoms. The number of carbonyl (C=O) groups is 2. The number of hydrogen-bond donors (Lipinski definition) is 1. The van der Waals surface area contributed by atoms with E-state index in [-0.39, 0.29) is 18.0 Å². The molecule has 2 saturated heterocycles. The highest BCUT2D eigenvalue weighted by atomic mass is 16.4. The highest BCUT2D eigenvalue weighted by Gasteiger charge is 2.42. The molecule has 1 N–H and O–H groups in total. The molecule has 1 spiro atoms. The van der Waals surface area contributed by atoms with Crippen LogP contribution in [0.15, 0.2) is 12.1 Å². The number of carboxylic acid groups (broad SMARTS) is 1. The van der Waals surface area contributed by atoms with Crippen LogP contribution in [0.5, 0.6) is 0 Å². The molecule has 25 heavy (non-hydrogen) atoms. The zero-order valence-electron chi connectivity index (χ0n) is 14.8. The lowest BCUT2D eigenvalue weighted by atomic mass is 9.86.